The molecule has 14 amide bonds. The number of carboxylic acids is 1. The Hall–Kier alpha value is -13.4. The van der Waals surface area contributed by atoms with Gasteiger partial charge in [-0.2, -0.15) is 0 Å². The number of unbranched alkanes of at least 4 members (excludes halogenated alkanes) is 1. The summed E-state index contributed by atoms with van der Waals surface area (Å²) >= 11 is 0.689. The Labute approximate surface area is 766 Å². The number of benzene rings is 6. The SMILES string of the molecule is CCCCC1C(=O)N(C)CC(=O)NC(CC(=O)O)C(=O)NC(C(C)C)C(=O)N(C)C(Cc2ccccc2)C(=O)NC(Cc2ccc(O)cc2)C(=O)N(C)CC(=O)NC(Cc2c[nH]c3ccccc23)C(=O)NC(Cc2ccc(O)cc2)C(=O)NC(CC(C)C)C(=O)NC(C(=O)NCC(N)O)CSCC(=O)NC(Cc2cc(F)c(F)c(F)c2)C(=O)N(C)C(Cc2ccccc2)C(=O)N1C. The van der Waals surface area contributed by atoms with Crippen molar-refractivity contribution in [3.05, 3.63) is 203 Å². The zero-order valence-corrected chi connectivity index (χ0v) is 75.9. The number of hydrogen-bond acceptors (Lipinski definition) is 20. The van der Waals surface area contributed by atoms with E-state index in [0.717, 1.165) is 24.5 Å². The Balaban J connectivity index is 1.22. The number of nitrogens with two attached hydrogens (primary N) is 1. The van der Waals surface area contributed by atoms with Gasteiger partial charge < -0.3 is 103 Å². The lowest BCUT2D eigenvalue weighted by atomic mass is 9.98. The number of aromatic nitrogens is 1. The number of nitrogens with one attached hydrogen (secondary N) is 10. The van der Waals surface area contributed by atoms with E-state index in [0.29, 0.717) is 69.0 Å². The minimum Gasteiger partial charge on any atom is -0.508 e. The molecular weight excluding hydrogens is 1730 g/mol. The topological polar surface area (TPSA) is 503 Å². The van der Waals surface area contributed by atoms with Crippen LogP contribution in [0.15, 0.2) is 152 Å². The van der Waals surface area contributed by atoms with Crippen LogP contribution >= 0.6 is 11.8 Å². The van der Waals surface area contributed by atoms with E-state index in [1.807, 2.05) is 0 Å². The van der Waals surface area contributed by atoms with Gasteiger partial charge in [-0.05, 0) is 101 Å². The van der Waals surface area contributed by atoms with Gasteiger partial charge in [-0.1, -0.05) is 151 Å². The number of aromatic hydroxyl groups is 2. The van der Waals surface area contributed by atoms with E-state index < -0.39 is 235 Å². The minimum atomic E-state index is -1.96. The van der Waals surface area contributed by atoms with Crippen LogP contribution in [-0.4, -0.2) is 278 Å². The second-order valence-corrected chi connectivity index (χ2v) is 34.6. The molecule has 1 saturated heterocycles. The number of carboxylic acid groups (broad SMARTS) is 1. The van der Waals surface area contributed by atoms with Crippen LogP contribution in [0.3, 0.4) is 0 Å². The highest BCUT2D eigenvalue weighted by Crippen LogP contribution is 2.26. The van der Waals surface area contributed by atoms with Gasteiger partial charge in [-0.3, -0.25) is 71.9 Å². The normalized spacial score (nSPS) is 22.0. The number of carbonyl (C=O) groups excluding carboxylic acids is 14. The molecule has 1 aliphatic rings. The van der Waals surface area contributed by atoms with E-state index in [1.54, 1.807) is 112 Å². The Morgan fingerprint density at radius 3 is 1.51 bits per heavy atom. The molecule has 0 bridgehead atoms. The predicted octanol–water partition coefficient (Wildman–Crippen LogP) is 2.54. The third-order valence-corrected chi connectivity index (χ3v) is 23.3. The van der Waals surface area contributed by atoms with E-state index in [2.05, 4.69) is 52.8 Å². The van der Waals surface area contributed by atoms with Crippen LogP contribution in [0.5, 0.6) is 11.5 Å². The lowest BCUT2D eigenvalue weighted by Crippen LogP contribution is -2.61. The van der Waals surface area contributed by atoms with Crippen molar-refractivity contribution in [3.8, 4) is 11.5 Å². The first kappa shape index (κ1) is 104. The number of thioether (sulfide) groups is 1. The number of halogens is 3. The fraction of sp³-hybridized carbons (Fsp3) is 0.430. The molecule has 1 aliphatic heterocycles. The van der Waals surface area contributed by atoms with Gasteiger partial charge in [0.15, 0.2) is 17.5 Å². The first-order valence-corrected chi connectivity index (χ1v) is 44.3. The number of amides is 14. The molecule has 35 nitrogen and oxygen atoms in total. The van der Waals surface area contributed by atoms with Crippen LogP contribution in [0.4, 0.5) is 13.2 Å². The summed E-state index contributed by atoms with van der Waals surface area (Å²) in [4.78, 5) is 231. The maximum atomic E-state index is 15.5. The van der Waals surface area contributed by atoms with Crippen LogP contribution in [0.2, 0.25) is 0 Å². The number of aromatic amines is 1. The number of carbonyl (C=O) groups is 15. The van der Waals surface area contributed by atoms with Gasteiger partial charge in [0.05, 0.1) is 31.8 Å². The number of rotatable bonds is 23. The molecule has 710 valence electrons. The highest BCUT2D eigenvalue weighted by molar-refractivity contribution is 8.00. The van der Waals surface area contributed by atoms with Crippen LogP contribution in [0.25, 0.3) is 10.9 Å². The standard InChI is InChI=1S/C93H117F3N16O19S/c1-11-12-27-73-91(129)109(7)49-78(117)101-69(45-80(119)120)87(125)107-82(53(4)5)93(131)111(9)74(42-54-21-15-13-16-22-54)88(126)105-70(40-57-30-34-61(114)35-31-57)89(127)108(6)48-77(116)100-68(44-59-46-98-65-26-20-19-25-62(59)65)86(124)104-67(39-56-28-32-60(113)33-29-56)85(123)103-66(36-52(2)3)84(122)106-72(83(121)99-47-76(97)115)50-132-51-79(118)102-71(41-58-37-63(94)81(96)64(95)38-58)90(128)112(10)75(92(130)110(73)8)43-55-23-17-14-18-24-55/h13-26,28-35,37-38,46,52-53,66-76,82,98,113-115H,11-12,27,36,39-45,47-51,97H2,1-10H3,(H,99,121)(H,100,116)(H,101,117)(H,102,118)(H,103,123)(H,104,124)(H,105,126)(H,106,122)(H,107,125)(H,119,120). The summed E-state index contributed by atoms with van der Waals surface area (Å²) in [6, 6.07) is 17.8. The molecule has 12 atom stereocenters. The lowest BCUT2D eigenvalue weighted by Gasteiger charge is -2.37. The average molecular weight is 1850 g/mol. The van der Waals surface area contributed by atoms with E-state index in [1.165, 1.54) is 97.6 Å². The van der Waals surface area contributed by atoms with Gasteiger partial charge in [0.25, 0.3) is 0 Å². The van der Waals surface area contributed by atoms with Crippen molar-refractivity contribution in [2.75, 3.05) is 66.4 Å². The summed E-state index contributed by atoms with van der Waals surface area (Å²) in [6.07, 6.45) is -2.85. The zero-order chi connectivity index (χ0) is 96.9. The van der Waals surface area contributed by atoms with Crippen molar-refractivity contribution in [3.63, 3.8) is 0 Å². The van der Waals surface area contributed by atoms with Crippen LogP contribution in [0, 0.1) is 29.3 Å². The molecule has 0 spiro atoms. The quantitative estimate of drug-likeness (QED) is 0.0323. The molecule has 0 radical (unpaired) electrons. The number of hydrogen-bond donors (Lipinski definition) is 15. The Morgan fingerprint density at radius 1 is 0.492 bits per heavy atom. The molecule has 1 aromatic heterocycles. The van der Waals surface area contributed by atoms with Gasteiger partial charge in [0.2, 0.25) is 82.7 Å². The maximum Gasteiger partial charge on any atom is 0.305 e. The van der Waals surface area contributed by atoms with Gasteiger partial charge in [0.1, 0.15) is 84.2 Å². The van der Waals surface area contributed by atoms with E-state index >= 15 is 42.3 Å². The Bertz CT molecular complexity index is 5190. The van der Waals surface area contributed by atoms with Crippen molar-refractivity contribution in [1.29, 1.82) is 0 Å². The Morgan fingerprint density at radius 2 is 0.955 bits per heavy atom. The lowest BCUT2D eigenvalue weighted by molar-refractivity contribution is -0.151. The van der Waals surface area contributed by atoms with Crippen LogP contribution in [0.1, 0.15) is 100 Å². The zero-order valence-electron chi connectivity index (χ0n) is 75.1. The van der Waals surface area contributed by atoms with E-state index in [4.69, 9.17) is 5.73 Å². The molecule has 39 heteroatoms. The van der Waals surface area contributed by atoms with Crippen LogP contribution in [-0.2, 0) is 110 Å². The number of fused-ring (bicyclic) bond motifs is 1. The fourth-order valence-corrected chi connectivity index (χ4v) is 15.9. The molecule has 0 aliphatic carbocycles. The molecule has 0 saturated carbocycles. The van der Waals surface area contributed by atoms with Gasteiger partial charge in [-0.25, -0.2) is 13.2 Å². The van der Waals surface area contributed by atoms with E-state index in [9.17, 15) is 63.2 Å². The summed E-state index contributed by atoms with van der Waals surface area (Å²) in [7, 11) is 6.13. The molecule has 7 aromatic rings. The average Bonchev–Trinajstić information content (AvgIpc) is 1.28. The highest BCUT2D eigenvalue weighted by Gasteiger charge is 2.43. The molecule has 16 N–H and O–H groups in total. The number of phenolic OH excluding ortho intramolecular Hbond substituents is 2. The second kappa shape index (κ2) is 49.5. The second-order valence-electron chi connectivity index (χ2n) is 33.6. The van der Waals surface area contributed by atoms with Gasteiger partial charge in [0, 0.05) is 96.6 Å². The van der Waals surface area contributed by atoms with E-state index in [-0.39, 0.29) is 68.4 Å². The van der Waals surface area contributed by atoms with Crippen molar-refractivity contribution in [1.82, 2.24) is 77.3 Å². The smallest absolute Gasteiger partial charge is 0.305 e. The molecule has 2 heterocycles. The van der Waals surface area contributed by atoms with Crippen molar-refractivity contribution in [2.24, 2.45) is 17.6 Å². The van der Waals surface area contributed by atoms with Gasteiger partial charge >= 0.3 is 5.97 Å². The van der Waals surface area contributed by atoms with Crippen molar-refractivity contribution < 1.29 is 106 Å². The summed E-state index contributed by atoms with van der Waals surface area (Å²) in [5, 5.41) is 65.2. The van der Waals surface area contributed by atoms with Gasteiger partial charge in [-0.15, -0.1) is 11.8 Å². The monoisotopic (exact) mass is 1850 g/mol. The molecule has 6 aromatic carbocycles. The number of aliphatic hydroxyl groups is 1. The molecule has 132 heavy (non-hydrogen) atoms. The third-order valence-electron chi connectivity index (χ3n) is 22.3. The molecule has 1 fully saturated rings. The summed E-state index contributed by atoms with van der Waals surface area (Å²) in [5.41, 5.74) is 8.06. The number of likely N-dealkylation sites (N-methyl/N-ethyl adjacent to an activating group) is 5. The van der Waals surface area contributed by atoms with Crippen molar-refractivity contribution in [2.45, 2.75) is 178 Å². The predicted molar refractivity (Wildman–Crippen MR) is 483 cm³/mol. The summed E-state index contributed by atoms with van der Waals surface area (Å²) in [6.45, 7) is 5.99. The number of para-hydroxylation sites is 1. The highest BCUT2D eigenvalue weighted by atomic mass is 32.2. The number of aliphatic hydroxyl groups excluding tert-OH is 1. The minimum absolute atomic E-state index is 0.0698. The number of aliphatic carboxylic acids is 1. The molecular formula is C93H117F3N16O19S. The summed E-state index contributed by atoms with van der Waals surface area (Å²) in [5.74, 6) is -23.4. The summed E-state index contributed by atoms with van der Waals surface area (Å²) < 4.78 is 44.9. The fourth-order valence-electron chi connectivity index (χ4n) is 15.1. The largest absolute Gasteiger partial charge is 0.508 e. The molecule has 8 rings (SSSR count). The molecule has 12 unspecified atom stereocenters. The number of nitrogens with zero attached hydrogens (tertiary/aromatic N) is 5. The Kier molecular flexibility index (Phi) is 39.0. The third kappa shape index (κ3) is 30.6. The first-order valence-electron chi connectivity index (χ1n) is 43.1. The first-order chi connectivity index (χ1) is 62.6. The maximum absolute atomic E-state index is 15.5. The van der Waals surface area contributed by atoms with Crippen LogP contribution < -0.4 is 53.6 Å². The number of H-pyrrole nitrogens is 1. The number of phenols is 2. The van der Waals surface area contributed by atoms with Crippen molar-refractivity contribution >= 4 is 111 Å².